The van der Waals surface area contributed by atoms with Gasteiger partial charge in [-0.1, -0.05) is 30.3 Å². The smallest absolute Gasteiger partial charge is 0.299 e. The molecule has 0 atom stereocenters. The molecule has 0 amide bonds. The molecule has 0 unspecified atom stereocenters. The number of imidazole rings is 1. The van der Waals surface area contributed by atoms with Crippen LogP contribution >= 0.6 is 0 Å². The van der Waals surface area contributed by atoms with E-state index in [1.807, 2.05) is 42.7 Å². The van der Waals surface area contributed by atoms with Crippen LogP contribution in [0.15, 0.2) is 47.5 Å². The van der Waals surface area contributed by atoms with Gasteiger partial charge >= 0.3 is 5.69 Å². The molecule has 4 heteroatoms. The van der Waals surface area contributed by atoms with Gasteiger partial charge in [-0.25, -0.2) is 4.79 Å². The van der Waals surface area contributed by atoms with Gasteiger partial charge in [-0.2, -0.15) is 0 Å². The molecule has 0 aliphatic heterocycles. The molecular formula is C16H18N2O2. The van der Waals surface area contributed by atoms with Gasteiger partial charge in [0.15, 0.2) is 5.78 Å². The molecule has 1 heterocycles. The van der Waals surface area contributed by atoms with E-state index < -0.39 is 0 Å². The van der Waals surface area contributed by atoms with E-state index in [-0.39, 0.29) is 11.5 Å². The van der Waals surface area contributed by atoms with E-state index >= 15 is 0 Å². The van der Waals surface area contributed by atoms with Gasteiger partial charge in [-0.15, -0.1) is 0 Å². The topological polar surface area (TPSA) is 44.0 Å². The fourth-order valence-corrected chi connectivity index (χ4v) is 2.41. The van der Waals surface area contributed by atoms with Gasteiger partial charge in [0.1, 0.15) is 0 Å². The van der Waals surface area contributed by atoms with Crippen LogP contribution < -0.4 is 5.69 Å². The highest BCUT2D eigenvalue weighted by Gasteiger charge is 2.25. The predicted molar refractivity (Wildman–Crippen MR) is 77.0 cm³/mol. The van der Waals surface area contributed by atoms with Crippen molar-refractivity contribution in [2.45, 2.75) is 38.3 Å². The van der Waals surface area contributed by atoms with Crippen LogP contribution in [-0.2, 0) is 6.54 Å². The average molecular weight is 270 g/mol. The van der Waals surface area contributed by atoms with Crippen molar-refractivity contribution in [1.82, 2.24) is 9.13 Å². The molecule has 4 nitrogen and oxygen atoms in total. The highest BCUT2D eigenvalue weighted by molar-refractivity contribution is 5.95. The standard InChI is InChI=1S/C16H18N2O2/c19-15(13-5-2-1-3-6-13)7-4-10-17-11-12-18(16(17)20)14-8-9-14/h1-3,5-6,11-12,14H,4,7-10H2. The Balaban J connectivity index is 1.55. The Kier molecular flexibility index (Phi) is 3.54. The van der Waals surface area contributed by atoms with Crippen LogP contribution in [0.3, 0.4) is 0 Å². The lowest BCUT2D eigenvalue weighted by atomic mass is 10.1. The highest BCUT2D eigenvalue weighted by atomic mass is 16.1. The van der Waals surface area contributed by atoms with Crippen molar-refractivity contribution in [1.29, 1.82) is 0 Å². The number of benzene rings is 1. The SMILES string of the molecule is O=C(CCCn1ccn(C2CC2)c1=O)c1ccccc1. The molecular weight excluding hydrogens is 252 g/mol. The zero-order valence-corrected chi connectivity index (χ0v) is 11.4. The van der Waals surface area contributed by atoms with Crippen molar-refractivity contribution >= 4 is 5.78 Å². The minimum absolute atomic E-state index is 0.0552. The van der Waals surface area contributed by atoms with E-state index in [0.717, 1.165) is 18.4 Å². The molecule has 1 fully saturated rings. The van der Waals surface area contributed by atoms with Crippen LogP contribution in [0.1, 0.15) is 42.1 Å². The Morgan fingerprint density at radius 1 is 1.15 bits per heavy atom. The van der Waals surface area contributed by atoms with Crippen molar-refractivity contribution in [2.75, 3.05) is 0 Å². The first-order chi connectivity index (χ1) is 9.75. The summed E-state index contributed by atoms with van der Waals surface area (Å²) in [5.74, 6) is 0.139. The maximum Gasteiger partial charge on any atom is 0.328 e. The Bertz CT molecular complexity index is 651. The Morgan fingerprint density at radius 3 is 2.60 bits per heavy atom. The second kappa shape index (κ2) is 5.49. The summed E-state index contributed by atoms with van der Waals surface area (Å²) in [6.07, 6.45) is 7.08. The van der Waals surface area contributed by atoms with Gasteiger partial charge < -0.3 is 0 Å². The lowest BCUT2D eigenvalue weighted by Crippen LogP contribution is -2.23. The number of aryl methyl sites for hydroxylation is 1. The molecule has 2 aromatic rings. The highest BCUT2D eigenvalue weighted by Crippen LogP contribution is 2.33. The maximum atomic E-state index is 12.0. The number of rotatable bonds is 6. The van der Waals surface area contributed by atoms with Crippen molar-refractivity contribution < 1.29 is 4.79 Å². The van der Waals surface area contributed by atoms with E-state index in [1.54, 1.807) is 9.13 Å². The second-order valence-electron chi connectivity index (χ2n) is 5.31. The summed E-state index contributed by atoms with van der Waals surface area (Å²) in [7, 11) is 0. The molecule has 1 saturated carbocycles. The number of nitrogens with zero attached hydrogens (tertiary/aromatic N) is 2. The number of aromatic nitrogens is 2. The van der Waals surface area contributed by atoms with E-state index in [1.165, 1.54) is 0 Å². The number of carbonyl (C=O) groups is 1. The van der Waals surface area contributed by atoms with Gasteiger partial charge in [-0.3, -0.25) is 13.9 Å². The summed E-state index contributed by atoms with van der Waals surface area (Å²) in [4.78, 5) is 24.0. The molecule has 0 bridgehead atoms. The average Bonchev–Trinajstić information content (AvgIpc) is 3.25. The third-order valence-corrected chi connectivity index (χ3v) is 3.71. The summed E-state index contributed by atoms with van der Waals surface area (Å²) in [5.41, 5.74) is 0.801. The lowest BCUT2D eigenvalue weighted by Gasteiger charge is -2.02. The molecule has 20 heavy (non-hydrogen) atoms. The summed E-state index contributed by atoms with van der Waals surface area (Å²) >= 11 is 0. The number of hydrogen-bond acceptors (Lipinski definition) is 2. The van der Waals surface area contributed by atoms with Crippen LogP contribution in [0.25, 0.3) is 0 Å². The van der Waals surface area contributed by atoms with Crippen LogP contribution in [0, 0.1) is 0 Å². The number of carbonyl (C=O) groups excluding carboxylic acids is 1. The minimum Gasteiger partial charge on any atom is -0.299 e. The molecule has 1 aliphatic carbocycles. The largest absolute Gasteiger partial charge is 0.328 e. The van der Waals surface area contributed by atoms with Crippen LogP contribution in [-0.4, -0.2) is 14.9 Å². The fraction of sp³-hybridized carbons (Fsp3) is 0.375. The van der Waals surface area contributed by atoms with Gasteiger partial charge in [0.25, 0.3) is 0 Å². The monoisotopic (exact) mass is 270 g/mol. The summed E-state index contributed by atoms with van der Waals surface area (Å²) in [6.45, 7) is 0.608. The van der Waals surface area contributed by atoms with E-state index in [0.29, 0.717) is 25.4 Å². The minimum atomic E-state index is 0.0552. The van der Waals surface area contributed by atoms with Crippen molar-refractivity contribution in [2.24, 2.45) is 0 Å². The van der Waals surface area contributed by atoms with Crippen molar-refractivity contribution in [3.05, 3.63) is 58.8 Å². The summed E-state index contributed by atoms with van der Waals surface area (Å²) in [6, 6.07) is 9.71. The third-order valence-electron chi connectivity index (χ3n) is 3.71. The Hall–Kier alpha value is -2.10. The van der Waals surface area contributed by atoms with Crippen LogP contribution in [0.2, 0.25) is 0 Å². The zero-order valence-electron chi connectivity index (χ0n) is 11.4. The molecule has 0 spiro atoms. The molecule has 104 valence electrons. The van der Waals surface area contributed by atoms with E-state index in [2.05, 4.69) is 0 Å². The van der Waals surface area contributed by atoms with E-state index in [4.69, 9.17) is 0 Å². The number of hydrogen-bond donors (Lipinski definition) is 0. The Morgan fingerprint density at radius 2 is 1.90 bits per heavy atom. The molecule has 0 saturated heterocycles. The van der Waals surface area contributed by atoms with Crippen molar-refractivity contribution in [3.8, 4) is 0 Å². The zero-order chi connectivity index (χ0) is 13.9. The first kappa shape index (κ1) is 12.9. The second-order valence-corrected chi connectivity index (χ2v) is 5.31. The van der Waals surface area contributed by atoms with Gasteiger partial charge in [0, 0.05) is 37.0 Å². The number of ketones is 1. The number of Topliss-reactive ketones (excluding diaryl/α,β-unsaturated/α-hetero) is 1. The molecule has 0 N–H and O–H groups in total. The first-order valence-electron chi connectivity index (χ1n) is 7.11. The fourth-order valence-electron chi connectivity index (χ4n) is 2.41. The normalized spacial score (nSPS) is 14.4. The quantitative estimate of drug-likeness (QED) is 0.757. The van der Waals surface area contributed by atoms with Crippen LogP contribution in [0.5, 0.6) is 0 Å². The van der Waals surface area contributed by atoms with Gasteiger partial charge in [-0.05, 0) is 19.3 Å². The molecule has 1 aliphatic rings. The molecule has 0 radical (unpaired) electrons. The van der Waals surface area contributed by atoms with E-state index in [9.17, 15) is 9.59 Å². The summed E-state index contributed by atoms with van der Waals surface area (Å²) < 4.78 is 3.51. The van der Waals surface area contributed by atoms with Gasteiger partial charge in [0.2, 0.25) is 0 Å². The molecule has 1 aromatic heterocycles. The maximum absolute atomic E-state index is 12.0. The molecule has 1 aromatic carbocycles. The first-order valence-corrected chi connectivity index (χ1v) is 7.11. The van der Waals surface area contributed by atoms with Crippen molar-refractivity contribution in [3.63, 3.8) is 0 Å². The van der Waals surface area contributed by atoms with Gasteiger partial charge in [0.05, 0.1) is 0 Å². The third kappa shape index (κ3) is 2.74. The molecule has 3 rings (SSSR count). The lowest BCUT2D eigenvalue weighted by molar-refractivity contribution is 0.0978. The van der Waals surface area contributed by atoms with Crippen LogP contribution in [0.4, 0.5) is 0 Å². The summed E-state index contributed by atoms with van der Waals surface area (Å²) in [5, 5.41) is 0. The predicted octanol–water partition coefficient (Wildman–Crippen LogP) is 2.65. The Labute approximate surface area is 117 Å².